The Bertz CT molecular complexity index is 445. The zero-order chi connectivity index (χ0) is 13.8. The van der Waals surface area contributed by atoms with Crippen molar-refractivity contribution in [3.63, 3.8) is 0 Å². The Hall–Kier alpha value is -0.970. The van der Waals surface area contributed by atoms with Crippen LogP contribution in [0.1, 0.15) is 38.8 Å². The molecular formula is C14H22N2O2S. The molecule has 1 fully saturated rings. The Balaban J connectivity index is 2.07. The summed E-state index contributed by atoms with van der Waals surface area (Å²) in [5, 5.41) is 9.65. The summed E-state index contributed by atoms with van der Waals surface area (Å²) in [6.45, 7) is 5.43. The van der Waals surface area contributed by atoms with Gasteiger partial charge in [-0.25, -0.2) is 4.98 Å². The van der Waals surface area contributed by atoms with E-state index >= 15 is 0 Å². The van der Waals surface area contributed by atoms with E-state index in [1.807, 2.05) is 6.20 Å². The first-order valence-electron chi connectivity index (χ1n) is 6.99. The molecule has 1 aromatic rings. The molecule has 1 aliphatic carbocycles. The number of hydrogen-bond acceptors (Lipinski definition) is 3. The molecule has 1 N–H and O–H groups in total. The smallest absolute Gasteiger partial charge is 0.313 e. The first-order valence-corrected chi connectivity index (χ1v) is 7.97. The molecule has 2 atom stereocenters. The molecule has 2 unspecified atom stereocenters. The van der Waals surface area contributed by atoms with Crippen LogP contribution in [-0.4, -0.2) is 26.4 Å². The molecule has 0 bridgehead atoms. The molecule has 1 heterocycles. The van der Waals surface area contributed by atoms with Crippen molar-refractivity contribution < 1.29 is 9.90 Å². The first kappa shape index (κ1) is 14.4. The van der Waals surface area contributed by atoms with Gasteiger partial charge in [-0.15, -0.1) is 0 Å². The Kier molecular flexibility index (Phi) is 4.91. The molecule has 4 nitrogen and oxygen atoms in total. The number of carbonyl (C=O) groups is 1. The molecule has 0 radical (unpaired) electrons. The van der Waals surface area contributed by atoms with Crippen molar-refractivity contribution in [2.45, 2.75) is 51.2 Å². The second-order valence-corrected chi connectivity index (χ2v) is 6.41. The highest BCUT2D eigenvalue weighted by atomic mass is 32.2. The summed E-state index contributed by atoms with van der Waals surface area (Å²) in [5.74, 6) is 0.848. The van der Waals surface area contributed by atoms with E-state index in [1.165, 1.54) is 36.7 Å². The van der Waals surface area contributed by atoms with Gasteiger partial charge in [-0.05, 0) is 31.1 Å². The summed E-state index contributed by atoms with van der Waals surface area (Å²) < 4.78 is 2.23. The van der Waals surface area contributed by atoms with Crippen LogP contribution >= 0.6 is 11.8 Å². The molecular weight excluding hydrogens is 260 g/mol. The van der Waals surface area contributed by atoms with Gasteiger partial charge in [0.15, 0.2) is 5.16 Å². The maximum Gasteiger partial charge on any atom is 0.313 e. The average Bonchev–Trinajstić information content (AvgIpc) is 2.94. The van der Waals surface area contributed by atoms with E-state index in [0.717, 1.165) is 30.0 Å². The van der Waals surface area contributed by atoms with Gasteiger partial charge in [0.1, 0.15) is 0 Å². The second kappa shape index (κ2) is 6.46. The molecule has 0 aliphatic heterocycles. The molecule has 1 saturated carbocycles. The van der Waals surface area contributed by atoms with Gasteiger partial charge in [0.2, 0.25) is 0 Å². The molecule has 0 saturated heterocycles. The number of carboxylic acid groups (broad SMARTS) is 1. The number of carboxylic acids is 1. The van der Waals surface area contributed by atoms with Gasteiger partial charge >= 0.3 is 5.97 Å². The summed E-state index contributed by atoms with van der Waals surface area (Å²) in [5.41, 5.74) is 1.22. The van der Waals surface area contributed by atoms with E-state index in [-0.39, 0.29) is 5.75 Å². The zero-order valence-electron chi connectivity index (χ0n) is 11.6. The third kappa shape index (κ3) is 3.75. The minimum Gasteiger partial charge on any atom is -0.481 e. The Labute approximate surface area is 118 Å². The van der Waals surface area contributed by atoms with Gasteiger partial charge < -0.3 is 9.67 Å². The summed E-state index contributed by atoms with van der Waals surface area (Å²) in [4.78, 5) is 15.1. The summed E-state index contributed by atoms with van der Waals surface area (Å²) in [6, 6.07) is 0. The molecule has 1 aromatic heterocycles. The van der Waals surface area contributed by atoms with Crippen molar-refractivity contribution in [1.29, 1.82) is 0 Å². The lowest BCUT2D eigenvalue weighted by atomic mass is 10.1. The Morgan fingerprint density at radius 3 is 2.95 bits per heavy atom. The van der Waals surface area contributed by atoms with Crippen LogP contribution in [-0.2, 0) is 17.8 Å². The lowest BCUT2D eigenvalue weighted by Crippen LogP contribution is -2.12. The lowest BCUT2D eigenvalue weighted by Gasteiger charge is -2.15. The maximum absolute atomic E-state index is 10.7. The quantitative estimate of drug-likeness (QED) is 0.815. The number of hydrogen-bond donors (Lipinski definition) is 1. The first-order chi connectivity index (χ1) is 9.10. The predicted molar refractivity (Wildman–Crippen MR) is 76.5 cm³/mol. The Morgan fingerprint density at radius 1 is 1.58 bits per heavy atom. The minimum atomic E-state index is -0.785. The fraction of sp³-hybridized carbons (Fsp3) is 0.714. The SMILES string of the molecule is CCc1cnc(SCC(=O)O)n1CC1CCC(C)C1. The molecule has 19 heavy (non-hydrogen) atoms. The largest absolute Gasteiger partial charge is 0.481 e. The monoisotopic (exact) mass is 282 g/mol. The fourth-order valence-electron chi connectivity index (χ4n) is 2.86. The van der Waals surface area contributed by atoms with Crippen molar-refractivity contribution in [2.75, 3.05) is 5.75 Å². The van der Waals surface area contributed by atoms with Crippen LogP contribution in [0.25, 0.3) is 0 Å². The number of nitrogens with zero attached hydrogens (tertiary/aromatic N) is 2. The van der Waals surface area contributed by atoms with Gasteiger partial charge in [-0.1, -0.05) is 32.0 Å². The number of aromatic nitrogens is 2. The van der Waals surface area contributed by atoms with Gasteiger partial charge in [0, 0.05) is 18.4 Å². The number of rotatable bonds is 6. The highest BCUT2D eigenvalue weighted by molar-refractivity contribution is 7.99. The van der Waals surface area contributed by atoms with Crippen molar-refractivity contribution in [2.24, 2.45) is 11.8 Å². The van der Waals surface area contributed by atoms with Crippen molar-refractivity contribution in [1.82, 2.24) is 9.55 Å². The zero-order valence-corrected chi connectivity index (χ0v) is 12.4. The number of imidazole rings is 1. The van der Waals surface area contributed by atoms with Gasteiger partial charge in [-0.3, -0.25) is 4.79 Å². The van der Waals surface area contributed by atoms with Crippen molar-refractivity contribution >= 4 is 17.7 Å². The van der Waals surface area contributed by atoms with Crippen LogP contribution < -0.4 is 0 Å². The minimum absolute atomic E-state index is 0.0846. The molecule has 1 aliphatic rings. The predicted octanol–water partition coefficient (Wildman–Crippen LogP) is 3.06. The van der Waals surface area contributed by atoms with Crippen LogP contribution in [0.4, 0.5) is 0 Å². The van der Waals surface area contributed by atoms with E-state index in [4.69, 9.17) is 5.11 Å². The van der Waals surface area contributed by atoms with E-state index in [9.17, 15) is 4.79 Å². The van der Waals surface area contributed by atoms with Gasteiger partial charge in [0.25, 0.3) is 0 Å². The maximum atomic E-state index is 10.7. The molecule has 0 aromatic carbocycles. The molecule has 106 valence electrons. The highest BCUT2D eigenvalue weighted by Crippen LogP contribution is 2.33. The Morgan fingerprint density at radius 2 is 2.37 bits per heavy atom. The van der Waals surface area contributed by atoms with Crippen LogP contribution in [0, 0.1) is 11.8 Å². The second-order valence-electron chi connectivity index (χ2n) is 5.46. The number of thioether (sulfide) groups is 1. The van der Waals surface area contributed by atoms with Crippen LogP contribution in [0.15, 0.2) is 11.4 Å². The topological polar surface area (TPSA) is 55.1 Å². The van der Waals surface area contributed by atoms with Gasteiger partial charge in [0.05, 0.1) is 5.75 Å². The molecule has 2 rings (SSSR count). The molecule has 0 amide bonds. The standard InChI is InChI=1S/C14H22N2O2S/c1-3-12-7-15-14(19-9-13(17)18)16(12)8-11-5-4-10(2)6-11/h7,10-11H,3-6,8-9H2,1-2H3,(H,17,18). The molecule has 0 spiro atoms. The van der Waals surface area contributed by atoms with E-state index in [2.05, 4.69) is 23.4 Å². The molecule has 5 heteroatoms. The van der Waals surface area contributed by atoms with E-state index < -0.39 is 5.97 Å². The van der Waals surface area contributed by atoms with Gasteiger partial charge in [-0.2, -0.15) is 0 Å². The highest BCUT2D eigenvalue weighted by Gasteiger charge is 2.23. The third-order valence-corrected chi connectivity index (χ3v) is 4.81. The van der Waals surface area contributed by atoms with Crippen LogP contribution in [0.5, 0.6) is 0 Å². The van der Waals surface area contributed by atoms with E-state index in [0.29, 0.717) is 0 Å². The third-order valence-electron chi connectivity index (χ3n) is 3.83. The summed E-state index contributed by atoms with van der Waals surface area (Å²) >= 11 is 1.33. The number of aliphatic carboxylic acids is 1. The average molecular weight is 282 g/mol. The summed E-state index contributed by atoms with van der Waals surface area (Å²) in [6.07, 6.45) is 6.72. The lowest BCUT2D eigenvalue weighted by molar-refractivity contribution is -0.133. The van der Waals surface area contributed by atoms with E-state index in [1.54, 1.807) is 0 Å². The summed E-state index contributed by atoms with van der Waals surface area (Å²) in [7, 11) is 0. The van der Waals surface area contributed by atoms with Crippen molar-refractivity contribution in [3.05, 3.63) is 11.9 Å². The normalized spacial score (nSPS) is 22.8. The van der Waals surface area contributed by atoms with Crippen molar-refractivity contribution in [3.8, 4) is 0 Å². The van der Waals surface area contributed by atoms with Crippen LogP contribution in [0.3, 0.4) is 0 Å². The number of aryl methyl sites for hydroxylation is 1. The van der Waals surface area contributed by atoms with Crippen LogP contribution in [0.2, 0.25) is 0 Å². The fourth-order valence-corrected chi connectivity index (χ4v) is 3.59.